The Bertz CT molecular complexity index is 1760. The van der Waals surface area contributed by atoms with Crippen molar-refractivity contribution in [1.29, 1.82) is 0 Å². The van der Waals surface area contributed by atoms with E-state index in [9.17, 15) is 14.0 Å². The Morgan fingerprint density at radius 3 is 2.59 bits per heavy atom. The fourth-order valence-electron chi connectivity index (χ4n) is 4.82. The van der Waals surface area contributed by atoms with E-state index in [1.807, 2.05) is 0 Å². The molecule has 0 aliphatic carbocycles. The van der Waals surface area contributed by atoms with Gasteiger partial charge in [0, 0.05) is 55.5 Å². The van der Waals surface area contributed by atoms with E-state index in [1.165, 1.54) is 65.5 Å². The van der Waals surface area contributed by atoms with E-state index >= 15 is 4.39 Å². The molecule has 11 heteroatoms. The van der Waals surface area contributed by atoms with Crippen LogP contribution in [0.1, 0.15) is 28.8 Å². The topological polar surface area (TPSA) is 112 Å². The molecular weight excluding hydrogens is 568 g/mol. The SMILES string of the molecule is COCCN1CCC(C#Cc2c(Oc3ccc(NC(=O)c4cccn(-c5ccc(F)cc5)c4=O)cc3F)ccnc2N)CC1. The van der Waals surface area contributed by atoms with Crippen molar-refractivity contribution in [2.75, 3.05) is 44.4 Å². The average Bonchev–Trinajstić information content (AvgIpc) is 3.02. The highest BCUT2D eigenvalue weighted by Crippen LogP contribution is 2.31. The van der Waals surface area contributed by atoms with Crippen LogP contribution in [0.15, 0.2) is 77.9 Å². The summed E-state index contributed by atoms with van der Waals surface area (Å²) in [5.74, 6) is 4.93. The van der Waals surface area contributed by atoms with Crippen LogP contribution in [0.3, 0.4) is 0 Å². The van der Waals surface area contributed by atoms with Gasteiger partial charge >= 0.3 is 0 Å². The number of anilines is 2. The first-order valence-corrected chi connectivity index (χ1v) is 14.1. The minimum absolute atomic E-state index is 0.110. The summed E-state index contributed by atoms with van der Waals surface area (Å²) in [5.41, 5.74) is 6.19. The van der Waals surface area contributed by atoms with Gasteiger partial charge in [0.2, 0.25) is 0 Å². The first kappa shape index (κ1) is 30.4. The van der Waals surface area contributed by atoms with Crippen LogP contribution in [0.25, 0.3) is 5.69 Å². The Morgan fingerprint density at radius 1 is 1.09 bits per heavy atom. The van der Waals surface area contributed by atoms with Crippen molar-refractivity contribution in [2.45, 2.75) is 12.8 Å². The van der Waals surface area contributed by atoms with Crippen molar-refractivity contribution in [1.82, 2.24) is 14.5 Å². The van der Waals surface area contributed by atoms with E-state index in [2.05, 4.69) is 27.0 Å². The van der Waals surface area contributed by atoms with Crippen molar-refractivity contribution in [3.63, 3.8) is 0 Å². The molecule has 5 rings (SSSR count). The molecule has 0 unspecified atom stereocenters. The maximum atomic E-state index is 15.2. The number of benzene rings is 2. The van der Waals surface area contributed by atoms with Gasteiger partial charge < -0.3 is 25.4 Å². The molecule has 0 saturated carbocycles. The fourth-order valence-corrected chi connectivity index (χ4v) is 4.82. The third kappa shape index (κ3) is 7.29. The van der Waals surface area contributed by atoms with Gasteiger partial charge in [-0.05, 0) is 74.5 Å². The number of amides is 1. The molecule has 44 heavy (non-hydrogen) atoms. The predicted molar refractivity (Wildman–Crippen MR) is 163 cm³/mol. The molecule has 226 valence electrons. The van der Waals surface area contributed by atoms with Gasteiger partial charge in [-0.1, -0.05) is 11.8 Å². The molecule has 0 spiro atoms. The highest BCUT2D eigenvalue weighted by atomic mass is 19.1. The summed E-state index contributed by atoms with van der Waals surface area (Å²) >= 11 is 0. The molecule has 1 aliphatic rings. The number of halogens is 2. The normalized spacial score (nSPS) is 13.6. The van der Waals surface area contributed by atoms with Gasteiger partial charge in [-0.3, -0.25) is 14.2 Å². The summed E-state index contributed by atoms with van der Waals surface area (Å²) in [6.45, 7) is 3.44. The molecule has 2 aromatic heterocycles. The third-order valence-corrected chi connectivity index (χ3v) is 7.25. The van der Waals surface area contributed by atoms with Crippen LogP contribution in [0.2, 0.25) is 0 Å². The van der Waals surface area contributed by atoms with E-state index in [0.717, 1.165) is 38.5 Å². The van der Waals surface area contributed by atoms with E-state index in [0.29, 0.717) is 17.9 Å². The summed E-state index contributed by atoms with van der Waals surface area (Å²) < 4.78 is 40.7. The molecule has 3 heterocycles. The van der Waals surface area contributed by atoms with Gasteiger partial charge in [0.1, 0.15) is 28.5 Å². The number of pyridine rings is 2. The van der Waals surface area contributed by atoms with Crippen molar-refractivity contribution in [3.8, 4) is 29.0 Å². The number of nitrogens with two attached hydrogens (primary N) is 1. The lowest BCUT2D eigenvalue weighted by Gasteiger charge is -2.29. The van der Waals surface area contributed by atoms with Gasteiger partial charge in [-0.15, -0.1) is 0 Å². The van der Waals surface area contributed by atoms with Crippen molar-refractivity contribution in [2.24, 2.45) is 5.92 Å². The first-order valence-electron chi connectivity index (χ1n) is 14.1. The second kappa shape index (κ2) is 13.9. The molecule has 1 amide bonds. The number of carbonyl (C=O) groups excluding carboxylic acids is 1. The van der Waals surface area contributed by atoms with Gasteiger partial charge in [0.15, 0.2) is 11.6 Å². The number of aromatic nitrogens is 2. The highest BCUT2D eigenvalue weighted by molar-refractivity contribution is 6.04. The summed E-state index contributed by atoms with van der Waals surface area (Å²) in [6, 6.07) is 13.6. The van der Waals surface area contributed by atoms with Crippen molar-refractivity contribution < 1.29 is 23.0 Å². The zero-order valence-corrected chi connectivity index (χ0v) is 24.1. The summed E-state index contributed by atoms with van der Waals surface area (Å²) in [5, 5.41) is 2.54. The van der Waals surface area contributed by atoms with Crippen molar-refractivity contribution >= 4 is 17.4 Å². The number of methoxy groups -OCH3 is 1. The van der Waals surface area contributed by atoms with Gasteiger partial charge in [-0.2, -0.15) is 0 Å². The average molecular weight is 600 g/mol. The summed E-state index contributed by atoms with van der Waals surface area (Å²) in [6.07, 6.45) is 4.75. The quantitative estimate of drug-likeness (QED) is 0.279. The monoisotopic (exact) mass is 599 g/mol. The van der Waals surface area contributed by atoms with E-state index in [4.69, 9.17) is 15.2 Å². The largest absolute Gasteiger partial charge is 0.453 e. The van der Waals surface area contributed by atoms with Gasteiger partial charge in [0.25, 0.3) is 11.5 Å². The number of nitrogen functional groups attached to an aromatic ring is 1. The molecular formula is C33H31F2N5O4. The second-order valence-electron chi connectivity index (χ2n) is 10.2. The minimum Gasteiger partial charge on any atom is -0.453 e. The van der Waals surface area contributed by atoms with Crippen LogP contribution in [0, 0.1) is 29.4 Å². The predicted octanol–water partition coefficient (Wildman–Crippen LogP) is 4.85. The smallest absolute Gasteiger partial charge is 0.267 e. The molecule has 1 aliphatic heterocycles. The van der Waals surface area contributed by atoms with Crippen molar-refractivity contribution in [3.05, 3.63) is 106 Å². The number of nitrogens with zero attached hydrogens (tertiary/aromatic N) is 3. The number of piperidine rings is 1. The van der Waals surface area contributed by atoms with Crippen LogP contribution in [-0.2, 0) is 4.74 Å². The lowest BCUT2D eigenvalue weighted by atomic mass is 9.97. The standard InChI is InChI=1S/C33H31F2N5O4/c1-43-20-19-39-17-13-22(14-18-39)4-10-26-29(12-15-37-31(26)36)44-30-11-7-24(21-28(30)35)38-32(41)27-3-2-16-40(33(27)42)25-8-5-23(34)6-9-25/h2-3,5-9,11-12,15-16,21-22H,13-14,17-20H2,1H3,(H2,36,37)(H,38,41). The van der Waals surface area contributed by atoms with Crippen LogP contribution >= 0.6 is 0 Å². The van der Waals surface area contributed by atoms with Gasteiger partial charge in [0.05, 0.1) is 6.61 Å². The first-order chi connectivity index (χ1) is 21.3. The second-order valence-corrected chi connectivity index (χ2v) is 10.2. The van der Waals surface area contributed by atoms with E-state index in [1.54, 1.807) is 13.2 Å². The molecule has 9 nitrogen and oxygen atoms in total. The van der Waals surface area contributed by atoms with E-state index in [-0.39, 0.29) is 34.5 Å². The number of ether oxygens (including phenoxy) is 2. The van der Waals surface area contributed by atoms with Crippen LogP contribution in [0.5, 0.6) is 11.5 Å². The molecule has 4 aromatic rings. The van der Waals surface area contributed by atoms with Gasteiger partial charge in [-0.25, -0.2) is 13.8 Å². The zero-order chi connectivity index (χ0) is 31.1. The summed E-state index contributed by atoms with van der Waals surface area (Å²) in [4.78, 5) is 32.3. The molecule has 1 fully saturated rings. The number of rotatable bonds is 8. The number of hydrogen-bond acceptors (Lipinski definition) is 7. The van der Waals surface area contributed by atoms with Crippen LogP contribution in [0.4, 0.5) is 20.3 Å². The maximum Gasteiger partial charge on any atom is 0.267 e. The van der Waals surface area contributed by atoms with Crippen LogP contribution in [-0.4, -0.2) is 53.7 Å². The lowest BCUT2D eigenvalue weighted by molar-refractivity contribution is 0.102. The Labute approximate surface area is 253 Å². The Hall–Kier alpha value is -5.05. The molecule has 2 aromatic carbocycles. The molecule has 1 saturated heterocycles. The van der Waals surface area contributed by atoms with E-state index < -0.39 is 23.1 Å². The molecule has 0 radical (unpaired) electrons. The lowest BCUT2D eigenvalue weighted by Crippen LogP contribution is -2.35. The maximum absolute atomic E-state index is 15.2. The van der Waals surface area contributed by atoms with Crippen LogP contribution < -0.4 is 21.3 Å². The Balaban J connectivity index is 1.28. The summed E-state index contributed by atoms with van der Waals surface area (Å²) in [7, 11) is 1.69. The highest BCUT2D eigenvalue weighted by Gasteiger charge is 2.19. The molecule has 0 bridgehead atoms. The third-order valence-electron chi connectivity index (χ3n) is 7.25. The number of likely N-dealkylation sites (tertiary alicyclic amines) is 1. The minimum atomic E-state index is -0.752. The Kier molecular flexibility index (Phi) is 9.64. The zero-order valence-electron chi connectivity index (χ0n) is 24.1. The Morgan fingerprint density at radius 2 is 1.86 bits per heavy atom. The number of hydrogen-bond donors (Lipinski definition) is 2. The molecule has 0 atom stereocenters. The molecule has 3 N–H and O–H groups in total. The number of carbonyl (C=O) groups is 1. The number of nitrogens with one attached hydrogen (secondary N) is 1. The fraction of sp³-hybridized carbons (Fsp3) is 0.242.